The molecule has 2 unspecified atom stereocenters. The zero-order valence-corrected chi connectivity index (χ0v) is 28.1. The number of piperidine rings is 1. The first-order valence-electron chi connectivity index (χ1n) is 15.5. The predicted octanol–water partition coefficient (Wildman–Crippen LogP) is 5.10. The smallest absolute Gasteiger partial charge is 0.425 e. The Morgan fingerprint density at radius 3 is 2.63 bits per heavy atom. The van der Waals surface area contributed by atoms with Gasteiger partial charge in [0.2, 0.25) is 12.2 Å². The molecule has 1 fully saturated rings. The van der Waals surface area contributed by atoms with Gasteiger partial charge in [0.25, 0.3) is 0 Å². The van der Waals surface area contributed by atoms with E-state index >= 15 is 0 Å². The number of nitriles is 1. The van der Waals surface area contributed by atoms with E-state index in [1.54, 1.807) is 23.2 Å². The minimum absolute atomic E-state index is 0.0625. The highest BCUT2D eigenvalue weighted by molar-refractivity contribution is 7.55. The van der Waals surface area contributed by atoms with Crippen LogP contribution in [0.4, 0.5) is 10.6 Å². The SMILES string of the molecule is C[C@@H]1CCN(C(=O)CC#N)CC1C=[N+](C)c1ncnc2c1ccn2P(=O)(NCCCCNC(=O)OC(C)(C)C)Oc1ccccc1. The first kappa shape index (κ1) is 34.6. The number of carbonyl (C=O) groups is 2. The highest BCUT2D eigenvalue weighted by Gasteiger charge is 2.33. The Morgan fingerprint density at radius 2 is 1.91 bits per heavy atom. The summed E-state index contributed by atoms with van der Waals surface area (Å²) >= 11 is 0. The summed E-state index contributed by atoms with van der Waals surface area (Å²) in [5.41, 5.74) is -0.136. The zero-order chi connectivity index (χ0) is 33.3. The van der Waals surface area contributed by atoms with Crippen molar-refractivity contribution in [3.63, 3.8) is 0 Å². The number of likely N-dealkylation sites (tertiary alicyclic amines) is 1. The molecule has 1 aliphatic rings. The van der Waals surface area contributed by atoms with Gasteiger partial charge in [-0.15, -0.1) is 0 Å². The molecule has 0 spiro atoms. The third-order valence-corrected chi connectivity index (χ3v) is 9.60. The number of amides is 2. The molecule has 0 radical (unpaired) electrons. The van der Waals surface area contributed by atoms with Crippen LogP contribution in [-0.2, 0) is 14.1 Å². The molecule has 3 aromatic rings. The van der Waals surface area contributed by atoms with Crippen molar-refractivity contribution in [2.75, 3.05) is 33.2 Å². The maximum absolute atomic E-state index is 14.5. The summed E-state index contributed by atoms with van der Waals surface area (Å²) in [7, 11) is -1.85. The summed E-state index contributed by atoms with van der Waals surface area (Å²) in [6, 6.07) is 12.7. The normalized spacial score (nSPS) is 18.4. The number of nitrogens with one attached hydrogen (secondary N) is 2. The van der Waals surface area contributed by atoms with E-state index in [-0.39, 0.29) is 18.2 Å². The molecule has 0 saturated carbocycles. The van der Waals surface area contributed by atoms with Crippen LogP contribution < -0.4 is 14.9 Å². The molecule has 0 aliphatic carbocycles. The van der Waals surface area contributed by atoms with Crippen molar-refractivity contribution < 1.29 is 28.0 Å². The van der Waals surface area contributed by atoms with Crippen LogP contribution in [0.3, 0.4) is 0 Å². The number of hydrogen-bond donors (Lipinski definition) is 2. The Kier molecular flexibility index (Phi) is 11.5. The minimum Gasteiger partial charge on any atom is -0.444 e. The number of aromatic nitrogens is 3. The van der Waals surface area contributed by atoms with Gasteiger partial charge in [0.1, 0.15) is 23.2 Å². The summed E-state index contributed by atoms with van der Waals surface area (Å²) < 4.78 is 29.4. The number of unbranched alkanes of at least 4 members (excludes halogenated alkanes) is 1. The summed E-state index contributed by atoms with van der Waals surface area (Å²) in [4.78, 5) is 35.1. The third kappa shape index (κ3) is 9.14. The van der Waals surface area contributed by atoms with Crippen molar-refractivity contribution >= 4 is 42.7 Å². The van der Waals surface area contributed by atoms with E-state index in [1.807, 2.05) is 62.7 Å². The predicted molar refractivity (Wildman–Crippen MR) is 175 cm³/mol. The number of carbonyl (C=O) groups excluding carboxylic acids is 2. The molecule has 2 amide bonds. The largest absolute Gasteiger partial charge is 0.444 e. The molecule has 1 aromatic carbocycles. The molecule has 0 bridgehead atoms. The van der Waals surface area contributed by atoms with E-state index in [0.29, 0.717) is 67.5 Å². The standard InChI is InChI=1S/C32H43N8O5P/c1-24-14-19-39(28(41)13-16-33)22-25(24)21-38(5)29-27-15-20-40(30(27)36-23-35-29)46(43,45-26-11-7-6-8-12-26)37-18-10-9-17-34-31(42)44-32(2,3)4/h6-8,11-12,15,20-21,23-25H,9-10,13-14,17-19,22H2,1-5H3,(H-,34,37,42,43)/p+1/t24-,25?,46?/m1/s1. The second kappa shape index (κ2) is 15.3. The van der Waals surface area contributed by atoms with Crippen LogP contribution >= 0.6 is 7.67 Å². The van der Waals surface area contributed by atoms with E-state index in [1.165, 1.54) is 10.7 Å². The first-order chi connectivity index (χ1) is 21.9. The lowest BCUT2D eigenvalue weighted by Crippen LogP contribution is -2.44. The Balaban J connectivity index is 1.53. The molecule has 2 aromatic heterocycles. The van der Waals surface area contributed by atoms with Gasteiger partial charge in [0, 0.05) is 38.3 Å². The van der Waals surface area contributed by atoms with Crippen LogP contribution in [0.1, 0.15) is 53.4 Å². The number of nitrogens with zero attached hydrogens (tertiary/aromatic N) is 6. The number of para-hydroxylation sites is 1. The molecule has 13 nitrogen and oxygen atoms in total. The molecule has 1 saturated heterocycles. The van der Waals surface area contributed by atoms with Crippen LogP contribution in [0.2, 0.25) is 0 Å². The van der Waals surface area contributed by atoms with Crippen molar-refractivity contribution in [1.82, 2.24) is 29.6 Å². The Hall–Kier alpha value is -4.27. The Morgan fingerprint density at radius 1 is 1.17 bits per heavy atom. The summed E-state index contributed by atoms with van der Waals surface area (Å²) in [5, 5.41) is 15.5. The van der Waals surface area contributed by atoms with E-state index in [4.69, 9.17) is 14.5 Å². The number of hydrogen-bond acceptors (Lipinski definition) is 8. The van der Waals surface area contributed by atoms with Crippen molar-refractivity contribution in [2.24, 2.45) is 11.8 Å². The molecule has 246 valence electrons. The molecule has 46 heavy (non-hydrogen) atoms. The van der Waals surface area contributed by atoms with Gasteiger partial charge in [-0.05, 0) is 69.1 Å². The quantitative estimate of drug-likeness (QED) is 0.118. The van der Waals surface area contributed by atoms with Gasteiger partial charge in [-0.3, -0.25) is 4.79 Å². The molecule has 2 N–H and O–H groups in total. The second-order valence-electron chi connectivity index (χ2n) is 12.4. The van der Waals surface area contributed by atoms with Gasteiger partial charge in [-0.2, -0.15) is 10.2 Å². The lowest BCUT2D eigenvalue weighted by Gasteiger charge is -2.34. The lowest BCUT2D eigenvalue weighted by molar-refractivity contribution is -0.405. The van der Waals surface area contributed by atoms with Crippen LogP contribution in [0.15, 0.2) is 48.9 Å². The van der Waals surface area contributed by atoms with Gasteiger partial charge >= 0.3 is 19.6 Å². The highest BCUT2D eigenvalue weighted by Crippen LogP contribution is 2.47. The number of ether oxygens (including phenoxy) is 1. The van der Waals surface area contributed by atoms with Crippen LogP contribution in [0.25, 0.3) is 11.0 Å². The molecule has 3 atom stereocenters. The molecular weight excluding hydrogens is 607 g/mol. The Labute approximate surface area is 270 Å². The van der Waals surface area contributed by atoms with Crippen molar-refractivity contribution in [1.29, 1.82) is 5.26 Å². The fourth-order valence-electron chi connectivity index (χ4n) is 5.23. The second-order valence-corrected chi connectivity index (χ2v) is 14.4. The van der Waals surface area contributed by atoms with Crippen molar-refractivity contribution in [2.45, 2.75) is 59.0 Å². The molecule has 4 rings (SSSR count). The molecule has 3 heterocycles. The van der Waals surface area contributed by atoms with Gasteiger partial charge in [-0.25, -0.2) is 23.4 Å². The number of fused-ring (bicyclic) bond motifs is 1. The van der Waals surface area contributed by atoms with E-state index in [9.17, 15) is 14.2 Å². The van der Waals surface area contributed by atoms with Crippen LogP contribution in [0.5, 0.6) is 5.75 Å². The third-order valence-electron chi connectivity index (χ3n) is 7.63. The minimum atomic E-state index is -3.74. The van der Waals surface area contributed by atoms with Crippen LogP contribution in [0, 0.1) is 23.2 Å². The average molecular weight is 652 g/mol. The van der Waals surface area contributed by atoms with Crippen molar-refractivity contribution in [3.8, 4) is 11.8 Å². The van der Waals surface area contributed by atoms with Gasteiger partial charge in [0.05, 0.1) is 19.3 Å². The summed E-state index contributed by atoms with van der Waals surface area (Å²) in [6.07, 6.45) is 6.66. The Bertz CT molecular complexity index is 1630. The van der Waals surface area contributed by atoms with E-state index in [2.05, 4.69) is 33.5 Å². The monoisotopic (exact) mass is 651 g/mol. The zero-order valence-electron chi connectivity index (χ0n) is 27.2. The molecular formula is C32H44N8O5P+. The average Bonchev–Trinajstić information content (AvgIpc) is 3.45. The highest BCUT2D eigenvalue weighted by atomic mass is 31.2. The topological polar surface area (TPSA) is 154 Å². The number of benzene rings is 1. The number of alkyl carbamates (subject to hydrolysis) is 1. The fraction of sp³-hybridized carbons (Fsp3) is 0.500. The molecule has 14 heteroatoms. The van der Waals surface area contributed by atoms with Crippen LogP contribution in [-0.4, -0.2) is 80.8 Å². The lowest BCUT2D eigenvalue weighted by atomic mass is 9.87. The fourth-order valence-corrected chi connectivity index (χ4v) is 7.03. The maximum atomic E-state index is 14.5. The van der Waals surface area contributed by atoms with Crippen molar-refractivity contribution in [3.05, 3.63) is 48.9 Å². The number of rotatable bonds is 12. The van der Waals surface area contributed by atoms with Gasteiger partial charge < -0.3 is 19.5 Å². The van der Waals surface area contributed by atoms with Gasteiger partial charge in [-0.1, -0.05) is 25.1 Å². The maximum Gasteiger partial charge on any atom is 0.425 e. The summed E-state index contributed by atoms with van der Waals surface area (Å²) in [5.74, 6) is 1.30. The van der Waals surface area contributed by atoms with E-state index < -0.39 is 19.4 Å². The first-order valence-corrected chi connectivity index (χ1v) is 17.1. The van der Waals surface area contributed by atoms with E-state index in [0.717, 1.165) is 6.42 Å². The summed E-state index contributed by atoms with van der Waals surface area (Å²) in [6.45, 7) is 9.51. The van der Waals surface area contributed by atoms with Gasteiger partial charge in [0.15, 0.2) is 5.65 Å². The molecule has 1 aliphatic heterocycles.